The van der Waals surface area contributed by atoms with E-state index in [0.717, 1.165) is 24.9 Å². The zero-order valence-corrected chi connectivity index (χ0v) is 17.3. The number of pyridine rings is 1. The number of aromatic nitrogens is 2. The van der Waals surface area contributed by atoms with Gasteiger partial charge >= 0.3 is 0 Å². The number of rotatable bonds is 3. The first-order valence-corrected chi connectivity index (χ1v) is 10.9. The molecule has 5 rings (SSSR count). The molecule has 3 heterocycles. The number of hydrogen-bond acceptors (Lipinski definition) is 4. The van der Waals surface area contributed by atoms with Crippen molar-refractivity contribution in [2.75, 3.05) is 0 Å². The normalized spacial score (nSPS) is 17.3. The number of amidine groups is 1. The second-order valence-corrected chi connectivity index (χ2v) is 8.32. The summed E-state index contributed by atoms with van der Waals surface area (Å²) in [5.74, 6) is 6.83. The van der Waals surface area contributed by atoms with Crippen molar-refractivity contribution in [2.24, 2.45) is 16.0 Å². The van der Waals surface area contributed by atoms with Gasteiger partial charge in [0.1, 0.15) is 0 Å². The van der Waals surface area contributed by atoms with E-state index < -0.39 is 0 Å². The standard InChI is InChI=1S/C24H28N6/c1-26-29-24(28-25)17-11-12-19-21(15-17)30-14-6-10-20-18(9-5-13-27-20)23(30)22(19)16-7-3-2-4-8-16/h5,9,11-13,15-16H,1-4,6-8,10,14,25H2,(H,28,29). The smallest absolute Gasteiger partial charge is 0.169 e. The fourth-order valence-corrected chi connectivity index (χ4v) is 5.35. The van der Waals surface area contributed by atoms with Crippen LogP contribution in [0, 0.1) is 0 Å². The van der Waals surface area contributed by atoms with Crippen LogP contribution in [0.15, 0.2) is 46.7 Å². The molecule has 0 spiro atoms. The van der Waals surface area contributed by atoms with E-state index in [4.69, 9.17) is 10.8 Å². The summed E-state index contributed by atoms with van der Waals surface area (Å²) in [5.41, 5.74) is 10.2. The molecule has 1 saturated carbocycles. The molecule has 6 heteroatoms. The van der Waals surface area contributed by atoms with Crippen LogP contribution < -0.4 is 11.3 Å². The van der Waals surface area contributed by atoms with Crippen LogP contribution in [-0.2, 0) is 13.0 Å². The van der Waals surface area contributed by atoms with E-state index in [1.54, 1.807) is 0 Å². The Labute approximate surface area is 176 Å². The molecule has 2 aliphatic rings. The van der Waals surface area contributed by atoms with Crippen LogP contribution in [0.25, 0.3) is 22.2 Å². The Balaban J connectivity index is 1.80. The fraction of sp³-hybridized carbons (Fsp3) is 0.375. The minimum absolute atomic E-state index is 0.525. The molecule has 6 nitrogen and oxygen atoms in total. The lowest BCUT2D eigenvalue weighted by Gasteiger charge is -2.23. The first-order chi connectivity index (χ1) is 14.8. The number of nitrogens with two attached hydrogens (primary N) is 1. The Morgan fingerprint density at radius 2 is 2.03 bits per heavy atom. The van der Waals surface area contributed by atoms with Crippen LogP contribution in [0.4, 0.5) is 0 Å². The summed E-state index contributed by atoms with van der Waals surface area (Å²) in [6.45, 7) is 4.45. The third-order valence-electron chi connectivity index (χ3n) is 6.64. The fourth-order valence-electron chi connectivity index (χ4n) is 5.35. The highest BCUT2D eigenvalue weighted by Crippen LogP contribution is 2.45. The lowest BCUT2D eigenvalue weighted by Crippen LogP contribution is -2.30. The second kappa shape index (κ2) is 8.03. The topological polar surface area (TPSA) is 80.6 Å². The quantitative estimate of drug-likeness (QED) is 0.293. The summed E-state index contributed by atoms with van der Waals surface area (Å²) in [6, 6.07) is 10.8. The molecule has 30 heavy (non-hydrogen) atoms. The van der Waals surface area contributed by atoms with Gasteiger partial charge in [0.05, 0.1) is 5.69 Å². The van der Waals surface area contributed by atoms with Gasteiger partial charge in [-0.1, -0.05) is 31.4 Å². The summed E-state index contributed by atoms with van der Waals surface area (Å²) in [4.78, 5) is 4.74. The first kappa shape index (κ1) is 19.0. The molecule has 154 valence electrons. The van der Waals surface area contributed by atoms with Gasteiger partial charge in [-0.3, -0.25) is 4.98 Å². The molecular formula is C24H28N6. The molecule has 1 aromatic carbocycles. The highest BCUT2D eigenvalue weighted by Gasteiger charge is 2.29. The van der Waals surface area contributed by atoms with Crippen LogP contribution >= 0.6 is 0 Å². The first-order valence-electron chi connectivity index (χ1n) is 10.9. The van der Waals surface area contributed by atoms with Crippen molar-refractivity contribution in [3.05, 3.63) is 53.3 Å². The Morgan fingerprint density at radius 1 is 1.17 bits per heavy atom. The zero-order valence-electron chi connectivity index (χ0n) is 17.3. The molecule has 0 bridgehead atoms. The van der Waals surface area contributed by atoms with Gasteiger partial charge in [0.25, 0.3) is 0 Å². The van der Waals surface area contributed by atoms with E-state index in [9.17, 15) is 0 Å². The lowest BCUT2D eigenvalue weighted by atomic mass is 9.81. The number of nitrogens with one attached hydrogen (secondary N) is 1. The molecule has 0 saturated heterocycles. The van der Waals surface area contributed by atoms with Gasteiger partial charge < -0.3 is 9.99 Å². The molecule has 0 amide bonds. The Bertz CT molecular complexity index is 1120. The van der Waals surface area contributed by atoms with E-state index >= 15 is 0 Å². The third kappa shape index (κ3) is 3.12. The van der Waals surface area contributed by atoms with E-state index in [1.807, 2.05) is 6.20 Å². The van der Waals surface area contributed by atoms with E-state index in [-0.39, 0.29) is 0 Å². The van der Waals surface area contributed by atoms with Crippen molar-refractivity contribution in [1.82, 2.24) is 15.0 Å². The summed E-state index contributed by atoms with van der Waals surface area (Å²) in [7, 11) is 0. The Kier molecular flexibility index (Phi) is 5.09. The minimum atomic E-state index is 0.525. The van der Waals surface area contributed by atoms with Crippen LogP contribution in [-0.4, -0.2) is 22.1 Å². The SMILES string of the molecule is C=N/N=C(\NN)c1ccc2c(C3CCCCC3)c3n(c2c1)CCCc1ncccc1-3. The molecule has 0 radical (unpaired) electrons. The van der Waals surface area contributed by atoms with Crippen molar-refractivity contribution in [3.8, 4) is 11.3 Å². The van der Waals surface area contributed by atoms with E-state index in [2.05, 4.69) is 57.2 Å². The van der Waals surface area contributed by atoms with Gasteiger partial charge in [0, 0.05) is 47.2 Å². The van der Waals surface area contributed by atoms with Gasteiger partial charge in [0.15, 0.2) is 5.84 Å². The molecule has 1 aliphatic carbocycles. The van der Waals surface area contributed by atoms with Crippen molar-refractivity contribution >= 4 is 23.5 Å². The maximum absolute atomic E-state index is 5.70. The number of nitrogens with zero attached hydrogens (tertiary/aromatic N) is 4. The van der Waals surface area contributed by atoms with Crippen LogP contribution in [0.3, 0.4) is 0 Å². The summed E-state index contributed by atoms with van der Waals surface area (Å²) >= 11 is 0. The maximum atomic E-state index is 5.70. The van der Waals surface area contributed by atoms with Crippen molar-refractivity contribution in [3.63, 3.8) is 0 Å². The minimum Gasteiger partial charge on any atom is -0.340 e. The van der Waals surface area contributed by atoms with Gasteiger partial charge in [-0.15, -0.1) is 5.10 Å². The molecular weight excluding hydrogens is 372 g/mol. The molecule has 1 fully saturated rings. The summed E-state index contributed by atoms with van der Waals surface area (Å²) in [6.07, 6.45) is 10.5. The Morgan fingerprint density at radius 3 is 2.83 bits per heavy atom. The van der Waals surface area contributed by atoms with Gasteiger partial charge in [-0.25, -0.2) is 5.84 Å². The van der Waals surface area contributed by atoms with Crippen molar-refractivity contribution in [1.29, 1.82) is 0 Å². The largest absolute Gasteiger partial charge is 0.340 e. The number of aryl methyl sites for hydroxylation is 2. The van der Waals surface area contributed by atoms with Gasteiger partial charge in [-0.05, 0) is 55.4 Å². The molecule has 3 aromatic rings. The summed E-state index contributed by atoms with van der Waals surface area (Å²) in [5, 5.41) is 9.06. The van der Waals surface area contributed by atoms with Crippen LogP contribution in [0.2, 0.25) is 0 Å². The molecule has 0 atom stereocenters. The second-order valence-electron chi connectivity index (χ2n) is 8.32. The Hall–Kier alpha value is -2.99. The molecule has 1 aliphatic heterocycles. The van der Waals surface area contributed by atoms with E-state index in [0.29, 0.717) is 11.8 Å². The molecule has 0 unspecified atom stereocenters. The number of hydrazine groups is 1. The average molecular weight is 401 g/mol. The molecule has 2 aromatic heterocycles. The van der Waals surface area contributed by atoms with Gasteiger partial charge in [0.2, 0.25) is 0 Å². The number of hydrogen-bond donors (Lipinski definition) is 2. The van der Waals surface area contributed by atoms with E-state index in [1.165, 1.54) is 65.5 Å². The van der Waals surface area contributed by atoms with Crippen LogP contribution in [0.5, 0.6) is 0 Å². The lowest BCUT2D eigenvalue weighted by molar-refractivity contribution is 0.445. The highest BCUT2D eigenvalue weighted by atomic mass is 15.3. The monoisotopic (exact) mass is 400 g/mol. The predicted octanol–water partition coefficient (Wildman–Crippen LogP) is 4.52. The van der Waals surface area contributed by atoms with Crippen LogP contribution in [0.1, 0.15) is 61.3 Å². The number of fused-ring (bicyclic) bond motifs is 5. The average Bonchev–Trinajstić information content (AvgIpc) is 2.99. The van der Waals surface area contributed by atoms with Crippen molar-refractivity contribution in [2.45, 2.75) is 57.4 Å². The predicted molar refractivity (Wildman–Crippen MR) is 123 cm³/mol. The number of benzene rings is 1. The zero-order chi connectivity index (χ0) is 20.5. The highest BCUT2D eigenvalue weighted by molar-refractivity contribution is 6.03. The molecule has 3 N–H and O–H groups in total. The third-order valence-corrected chi connectivity index (χ3v) is 6.64. The summed E-state index contributed by atoms with van der Waals surface area (Å²) < 4.78 is 2.51. The van der Waals surface area contributed by atoms with Crippen molar-refractivity contribution < 1.29 is 0 Å². The maximum Gasteiger partial charge on any atom is 0.169 e. The van der Waals surface area contributed by atoms with Gasteiger partial charge in [-0.2, -0.15) is 5.10 Å².